The fraction of sp³-hybridized carbons (Fsp3) is 0.333. The summed E-state index contributed by atoms with van der Waals surface area (Å²) in [6.45, 7) is 3.42. The number of esters is 2. The van der Waals surface area contributed by atoms with Gasteiger partial charge in [0.05, 0.1) is 26.1 Å². The molecule has 30 heavy (non-hydrogen) atoms. The molecule has 0 radical (unpaired) electrons. The summed E-state index contributed by atoms with van der Waals surface area (Å²) >= 11 is 2.27. The van der Waals surface area contributed by atoms with Gasteiger partial charge in [0.15, 0.2) is 21.6 Å². The summed E-state index contributed by atoms with van der Waals surface area (Å²) in [7, 11) is 0. The second-order valence-electron chi connectivity index (χ2n) is 5.16. The van der Waals surface area contributed by atoms with E-state index < -0.39 is 47.9 Å². The first kappa shape index (κ1) is 24.9. The van der Waals surface area contributed by atoms with Crippen molar-refractivity contribution >= 4 is 57.7 Å². The summed E-state index contributed by atoms with van der Waals surface area (Å²) in [5, 5.41) is 3.71. The fourth-order valence-electron chi connectivity index (χ4n) is 1.73. The molecule has 0 saturated carbocycles. The van der Waals surface area contributed by atoms with E-state index in [1.807, 2.05) is 0 Å². The molecule has 2 aromatic heterocycles. The number of hydrogen-bond donors (Lipinski definition) is 0. The Bertz CT molecular complexity index is 817. The molecule has 0 atom stereocenters. The Balaban J connectivity index is 0.000000300. The van der Waals surface area contributed by atoms with Gasteiger partial charge in [-0.2, -0.15) is 0 Å². The van der Waals surface area contributed by atoms with Gasteiger partial charge in [-0.05, 0) is 13.8 Å². The van der Waals surface area contributed by atoms with E-state index in [0.29, 0.717) is 0 Å². The summed E-state index contributed by atoms with van der Waals surface area (Å²) in [6.07, 6.45) is 1.97. The minimum atomic E-state index is -0.970. The van der Waals surface area contributed by atoms with Crippen LogP contribution in [0, 0.1) is 0 Å². The Kier molecular flexibility index (Phi) is 10.9. The lowest BCUT2D eigenvalue weighted by Gasteiger charge is -1.98. The van der Waals surface area contributed by atoms with Crippen LogP contribution in [0.25, 0.3) is 0 Å². The van der Waals surface area contributed by atoms with Gasteiger partial charge < -0.3 is 9.47 Å². The number of hydrogen-bond acceptors (Lipinski definition) is 12. The number of rotatable bonds is 10. The molecule has 0 amide bonds. The molecule has 0 unspecified atom stereocenters. The molecule has 0 saturated heterocycles. The summed E-state index contributed by atoms with van der Waals surface area (Å²) in [6, 6.07) is 0. The molecule has 0 aliphatic rings. The van der Waals surface area contributed by atoms with E-state index in [1.54, 1.807) is 24.6 Å². The van der Waals surface area contributed by atoms with Crippen LogP contribution in [-0.4, -0.2) is 58.3 Å². The number of ketones is 4. The second-order valence-corrected chi connectivity index (χ2v) is 6.95. The van der Waals surface area contributed by atoms with Gasteiger partial charge in [0.25, 0.3) is 0 Å². The third-order valence-corrected chi connectivity index (χ3v) is 4.62. The standard InChI is InChI=1S/2C9H9NO4S/c2*1-2-14-9(13)7(12)5-6(11)8-10-3-4-15-8/h2*3-4H,2,5H2,1H3. The van der Waals surface area contributed by atoms with Crippen molar-refractivity contribution in [3.63, 3.8) is 0 Å². The van der Waals surface area contributed by atoms with E-state index in [-0.39, 0.29) is 23.2 Å². The molecule has 0 fully saturated rings. The van der Waals surface area contributed by atoms with E-state index >= 15 is 0 Å². The molecule has 0 aromatic carbocycles. The lowest BCUT2D eigenvalue weighted by atomic mass is 10.2. The zero-order valence-electron chi connectivity index (χ0n) is 16.1. The first-order valence-electron chi connectivity index (χ1n) is 8.55. The Morgan fingerprint density at radius 3 is 1.37 bits per heavy atom. The molecule has 0 N–H and O–H groups in total. The van der Waals surface area contributed by atoms with E-state index in [9.17, 15) is 28.8 Å². The van der Waals surface area contributed by atoms with Crippen molar-refractivity contribution in [1.82, 2.24) is 9.97 Å². The maximum Gasteiger partial charge on any atom is 0.375 e. The fourth-order valence-corrected chi connectivity index (χ4v) is 2.88. The number of carbonyl (C=O) groups is 6. The van der Waals surface area contributed by atoms with Gasteiger partial charge in [-0.15, -0.1) is 22.7 Å². The Labute approximate surface area is 179 Å². The third-order valence-electron chi connectivity index (χ3n) is 2.99. The van der Waals surface area contributed by atoms with Gasteiger partial charge in [0.2, 0.25) is 11.6 Å². The van der Waals surface area contributed by atoms with Crippen molar-refractivity contribution in [3.8, 4) is 0 Å². The molecular formula is C18H18N2O8S2. The second kappa shape index (κ2) is 13.2. The first-order chi connectivity index (χ1) is 14.3. The molecule has 12 heteroatoms. The zero-order valence-corrected chi connectivity index (χ0v) is 17.7. The molecule has 10 nitrogen and oxygen atoms in total. The lowest BCUT2D eigenvalue weighted by Crippen LogP contribution is -2.20. The van der Waals surface area contributed by atoms with Crippen LogP contribution in [0.3, 0.4) is 0 Å². The summed E-state index contributed by atoms with van der Waals surface area (Å²) in [4.78, 5) is 74.2. The van der Waals surface area contributed by atoms with Crippen molar-refractivity contribution in [3.05, 3.63) is 33.2 Å². The molecular weight excluding hydrogens is 436 g/mol. The predicted octanol–water partition coefficient (Wildman–Crippen LogP) is 1.70. The van der Waals surface area contributed by atoms with Gasteiger partial charge in [-0.3, -0.25) is 19.2 Å². The van der Waals surface area contributed by atoms with Crippen LogP contribution in [-0.2, 0) is 28.7 Å². The van der Waals surface area contributed by atoms with Crippen LogP contribution >= 0.6 is 22.7 Å². The monoisotopic (exact) mass is 454 g/mol. The van der Waals surface area contributed by atoms with Crippen molar-refractivity contribution in [1.29, 1.82) is 0 Å². The quantitative estimate of drug-likeness (QED) is 0.225. The Hall–Kier alpha value is -3.12. The van der Waals surface area contributed by atoms with Gasteiger partial charge >= 0.3 is 11.9 Å². The molecule has 0 bridgehead atoms. The number of thiazole rings is 2. The van der Waals surface area contributed by atoms with Crippen LogP contribution in [0.5, 0.6) is 0 Å². The number of aromatic nitrogens is 2. The number of ether oxygens (including phenoxy) is 2. The summed E-state index contributed by atoms with van der Waals surface area (Å²) < 4.78 is 8.93. The maximum atomic E-state index is 11.3. The van der Waals surface area contributed by atoms with Crippen molar-refractivity contribution in [2.75, 3.05) is 13.2 Å². The zero-order chi connectivity index (χ0) is 22.5. The topological polar surface area (TPSA) is 147 Å². The lowest BCUT2D eigenvalue weighted by molar-refractivity contribution is -0.153. The van der Waals surface area contributed by atoms with Gasteiger partial charge in [-0.1, -0.05) is 0 Å². The number of carbonyl (C=O) groups excluding carboxylic acids is 6. The van der Waals surface area contributed by atoms with E-state index in [2.05, 4.69) is 19.4 Å². The van der Waals surface area contributed by atoms with Crippen molar-refractivity contribution in [2.45, 2.75) is 26.7 Å². The molecule has 2 heterocycles. The maximum absolute atomic E-state index is 11.3. The number of nitrogens with zero attached hydrogens (tertiary/aromatic N) is 2. The van der Waals surface area contributed by atoms with Gasteiger partial charge in [0, 0.05) is 23.2 Å². The SMILES string of the molecule is CCOC(=O)C(=O)CC(=O)c1nccs1.CCOC(=O)C(=O)CC(=O)c1nccs1. The van der Waals surface area contributed by atoms with E-state index in [0.717, 1.165) is 22.7 Å². The highest BCUT2D eigenvalue weighted by molar-refractivity contribution is 7.12. The van der Waals surface area contributed by atoms with Gasteiger partial charge in [0.1, 0.15) is 0 Å². The predicted molar refractivity (Wildman–Crippen MR) is 105 cm³/mol. The average Bonchev–Trinajstić information content (AvgIpc) is 3.42. The van der Waals surface area contributed by atoms with Crippen molar-refractivity contribution in [2.24, 2.45) is 0 Å². The van der Waals surface area contributed by atoms with Crippen LogP contribution in [0.4, 0.5) is 0 Å². The largest absolute Gasteiger partial charge is 0.460 e. The van der Waals surface area contributed by atoms with E-state index in [1.165, 1.54) is 12.4 Å². The summed E-state index contributed by atoms with van der Waals surface area (Å²) in [5.74, 6) is -4.52. The normalized spacial score (nSPS) is 9.67. The van der Waals surface area contributed by atoms with Crippen LogP contribution in [0.2, 0.25) is 0 Å². The smallest absolute Gasteiger partial charge is 0.375 e. The van der Waals surface area contributed by atoms with E-state index in [4.69, 9.17) is 0 Å². The minimum Gasteiger partial charge on any atom is -0.460 e. The van der Waals surface area contributed by atoms with Crippen LogP contribution < -0.4 is 0 Å². The average molecular weight is 454 g/mol. The first-order valence-corrected chi connectivity index (χ1v) is 10.3. The van der Waals surface area contributed by atoms with Crippen molar-refractivity contribution < 1.29 is 38.2 Å². The minimum absolute atomic E-state index is 0.121. The molecule has 2 rings (SSSR count). The van der Waals surface area contributed by atoms with Crippen LogP contribution in [0.15, 0.2) is 23.2 Å². The highest BCUT2D eigenvalue weighted by Crippen LogP contribution is 2.08. The highest BCUT2D eigenvalue weighted by Gasteiger charge is 2.21. The molecule has 0 aliphatic carbocycles. The molecule has 0 spiro atoms. The number of Topliss-reactive ketones (excluding diaryl/α,β-unsaturated/α-hetero) is 4. The summed E-state index contributed by atoms with van der Waals surface area (Å²) in [5.41, 5.74) is 0. The van der Waals surface area contributed by atoms with Crippen LogP contribution in [0.1, 0.15) is 46.3 Å². The molecule has 160 valence electrons. The highest BCUT2D eigenvalue weighted by atomic mass is 32.1. The van der Waals surface area contributed by atoms with Gasteiger partial charge in [-0.25, -0.2) is 19.6 Å². The Morgan fingerprint density at radius 2 is 1.10 bits per heavy atom. The Morgan fingerprint density at radius 1 is 0.733 bits per heavy atom. The molecule has 2 aromatic rings. The molecule has 0 aliphatic heterocycles. The third kappa shape index (κ3) is 8.49.